The van der Waals surface area contributed by atoms with Crippen molar-refractivity contribution < 1.29 is 17.9 Å². The highest BCUT2D eigenvalue weighted by atomic mass is 35.5. The molecule has 1 heterocycles. The van der Waals surface area contributed by atoms with Crippen molar-refractivity contribution in [3.63, 3.8) is 0 Å². The molecule has 1 aromatic carbocycles. The zero-order chi connectivity index (χ0) is 16.9. The van der Waals surface area contributed by atoms with E-state index in [0.29, 0.717) is 44.8 Å². The van der Waals surface area contributed by atoms with Crippen molar-refractivity contribution in [3.05, 3.63) is 23.2 Å². The first-order valence-electron chi connectivity index (χ1n) is 7.64. The summed E-state index contributed by atoms with van der Waals surface area (Å²) in [5, 5.41) is 0.286. The van der Waals surface area contributed by atoms with Gasteiger partial charge in [-0.3, -0.25) is 0 Å². The molecule has 1 aliphatic heterocycles. The van der Waals surface area contributed by atoms with Gasteiger partial charge >= 0.3 is 0 Å². The predicted octanol–water partition coefficient (Wildman–Crippen LogP) is 1.87. The Bertz CT molecular complexity index is 616. The van der Waals surface area contributed by atoms with Crippen molar-refractivity contribution in [3.8, 4) is 5.75 Å². The molecule has 0 aromatic heterocycles. The summed E-state index contributed by atoms with van der Waals surface area (Å²) in [6.45, 7) is 2.12. The molecule has 0 aliphatic carbocycles. The van der Waals surface area contributed by atoms with Gasteiger partial charge in [0.25, 0.3) is 0 Å². The van der Waals surface area contributed by atoms with Crippen molar-refractivity contribution in [2.75, 3.05) is 33.4 Å². The highest BCUT2D eigenvalue weighted by Crippen LogP contribution is 2.29. The number of hydrogen-bond donors (Lipinski definition) is 1. The van der Waals surface area contributed by atoms with Crippen LogP contribution in [-0.4, -0.2) is 52.2 Å². The van der Waals surface area contributed by atoms with Gasteiger partial charge in [0, 0.05) is 19.7 Å². The molecular weight excluding hydrogens is 340 g/mol. The van der Waals surface area contributed by atoms with Crippen molar-refractivity contribution >= 4 is 21.6 Å². The van der Waals surface area contributed by atoms with Crippen molar-refractivity contribution in [2.24, 2.45) is 5.73 Å². The van der Waals surface area contributed by atoms with Crippen LogP contribution in [0, 0.1) is 0 Å². The van der Waals surface area contributed by atoms with Gasteiger partial charge in [-0.25, -0.2) is 8.42 Å². The Balaban J connectivity index is 2.00. The minimum absolute atomic E-state index is 0.104. The van der Waals surface area contributed by atoms with Crippen LogP contribution >= 0.6 is 11.6 Å². The summed E-state index contributed by atoms with van der Waals surface area (Å²) in [4.78, 5) is 0.186. The van der Waals surface area contributed by atoms with Crippen LogP contribution in [0.4, 0.5) is 0 Å². The summed E-state index contributed by atoms with van der Waals surface area (Å²) < 4.78 is 37.6. The highest BCUT2D eigenvalue weighted by Gasteiger charge is 2.30. The lowest BCUT2D eigenvalue weighted by molar-refractivity contribution is 0.0209. The molecule has 130 valence electrons. The number of hydrogen-bond acceptors (Lipinski definition) is 5. The molecule has 6 nitrogen and oxygen atoms in total. The average Bonchev–Trinajstić information content (AvgIpc) is 2.55. The fourth-order valence-corrected chi connectivity index (χ4v) is 4.35. The van der Waals surface area contributed by atoms with Crippen LogP contribution in [0.2, 0.25) is 5.02 Å². The second kappa shape index (κ2) is 8.30. The highest BCUT2D eigenvalue weighted by molar-refractivity contribution is 7.89. The zero-order valence-electron chi connectivity index (χ0n) is 13.2. The molecule has 23 heavy (non-hydrogen) atoms. The molecule has 0 saturated carbocycles. The molecule has 0 amide bonds. The number of nitrogens with two attached hydrogens (primary N) is 1. The third kappa shape index (κ3) is 4.58. The maximum atomic E-state index is 12.7. The Labute approximate surface area is 142 Å². The third-order valence-corrected chi connectivity index (χ3v) is 6.05. The summed E-state index contributed by atoms with van der Waals surface area (Å²) >= 11 is 6.03. The maximum Gasteiger partial charge on any atom is 0.243 e. The zero-order valence-corrected chi connectivity index (χ0v) is 14.8. The number of sulfonamides is 1. The van der Waals surface area contributed by atoms with Crippen molar-refractivity contribution in [1.82, 2.24) is 4.31 Å². The monoisotopic (exact) mass is 362 g/mol. The van der Waals surface area contributed by atoms with Gasteiger partial charge in [0.15, 0.2) is 0 Å². The van der Waals surface area contributed by atoms with Gasteiger partial charge < -0.3 is 15.2 Å². The smallest absolute Gasteiger partial charge is 0.243 e. The normalized spacial score (nSPS) is 17.3. The molecular formula is C15H23ClN2O4S. The maximum absolute atomic E-state index is 12.7. The summed E-state index contributed by atoms with van der Waals surface area (Å²) in [5.41, 5.74) is 5.43. The number of methoxy groups -OCH3 is 1. The van der Waals surface area contributed by atoms with Gasteiger partial charge in [0.2, 0.25) is 10.0 Å². The summed E-state index contributed by atoms with van der Waals surface area (Å²) in [6.07, 6.45) is 2.30. The lowest BCUT2D eigenvalue weighted by Crippen LogP contribution is -2.41. The van der Waals surface area contributed by atoms with Crippen LogP contribution in [-0.2, 0) is 14.8 Å². The molecule has 0 spiro atoms. The van der Waals surface area contributed by atoms with Crippen LogP contribution in [0.25, 0.3) is 0 Å². The Morgan fingerprint density at radius 3 is 2.61 bits per heavy atom. The van der Waals surface area contributed by atoms with Gasteiger partial charge in [-0.1, -0.05) is 11.6 Å². The molecule has 0 unspecified atom stereocenters. The quantitative estimate of drug-likeness (QED) is 0.749. The lowest BCUT2D eigenvalue weighted by Gasteiger charge is -2.31. The van der Waals surface area contributed by atoms with Gasteiger partial charge in [0.05, 0.1) is 23.1 Å². The van der Waals surface area contributed by atoms with E-state index in [1.807, 2.05) is 0 Å². The van der Waals surface area contributed by atoms with Crippen LogP contribution in [0.5, 0.6) is 5.75 Å². The van der Waals surface area contributed by atoms with E-state index < -0.39 is 10.0 Å². The predicted molar refractivity (Wildman–Crippen MR) is 89.4 cm³/mol. The molecule has 2 N–H and O–H groups in total. The molecule has 0 bridgehead atoms. The van der Waals surface area contributed by atoms with E-state index in [9.17, 15) is 8.42 Å². The van der Waals surface area contributed by atoms with Crippen molar-refractivity contribution in [1.29, 1.82) is 0 Å². The molecule has 0 atom stereocenters. The standard InChI is InChI=1S/C15H23ClN2O4S/c1-21-15-4-3-13(11-14(15)16)23(19,20)18-8-5-12(6-9-18)22-10-2-7-17/h3-4,11-12H,2,5-10,17H2,1H3. The van der Waals surface area contributed by atoms with E-state index in [2.05, 4.69) is 0 Å². The topological polar surface area (TPSA) is 81.9 Å². The number of ether oxygens (including phenoxy) is 2. The fraction of sp³-hybridized carbons (Fsp3) is 0.600. The van der Waals surface area contributed by atoms with E-state index in [-0.39, 0.29) is 16.0 Å². The minimum Gasteiger partial charge on any atom is -0.495 e. The van der Waals surface area contributed by atoms with E-state index in [4.69, 9.17) is 26.8 Å². The van der Waals surface area contributed by atoms with Gasteiger partial charge in [-0.05, 0) is 44.0 Å². The summed E-state index contributed by atoms with van der Waals surface area (Å²) in [7, 11) is -2.05. The molecule has 0 radical (unpaired) electrons. The summed E-state index contributed by atoms with van der Waals surface area (Å²) in [6, 6.07) is 4.52. The Morgan fingerprint density at radius 2 is 2.04 bits per heavy atom. The summed E-state index contributed by atoms with van der Waals surface area (Å²) in [5.74, 6) is 0.456. The number of benzene rings is 1. The number of nitrogens with zero attached hydrogens (tertiary/aromatic N) is 1. The van der Waals surface area contributed by atoms with Gasteiger partial charge in [-0.15, -0.1) is 0 Å². The first kappa shape index (κ1) is 18.5. The van der Waals surface area contributed by atoms with Gasteiger partial charge in [-0.2, -0.15) is 4.31 Å². The first-order valence-corrected chi connectivity index (χ1v) is 9.46. The SMILES string of the molecule is COc1ccc(S(=O)(=O)N2CCC(OCCCN)CC2)cc1Cl. The van der Waals surface area contributed by atoms with E-state index in [1.165, 1.54) is 23.5 Å². The number of halogens is 1. The van der Waals surface area contributed by atoms with Crippen LogP contribution in [0.1, 0.15) is 19.3 Å². The Kier molecular flexibility index (Phi) is 6.67. The molecule has 8 heteroatoms. The fourth-order valence-electron chi connectivity index (χ4n) is 2.53. The minimum atomic E-state index is -3.54. The van der Waals surface area contributed by atoms with Crippen molar-refractivity contribution in [2.45, 2.75) is 30.3 Å². The Morgan fingerprint density at radius 1 is 1.35 bits per heavy atom. The molecule has 1 aromatic rings. The molecule has 1 fully saturated rings. The number of piperidine rings is 1. The van der Waals surface area contributed by atoms with Crippen LogP contribution < -0.4 is 10.5 Å². The first-order chi connectivity index (χ1) is 11.0. The number of rotatable bonds is 7. The van der Waals surface area contributed by atoms with E-state index >= 15 is 0 Å². The van der Waals surface area contributed by atoms with Crippen LogP contribution in [0.15, 0.2) is 23.1 Å². The lowest BCUT2D eigenvalue weighted by atomic mass is 10.1. The molecule has 1 aliphatic rings. The molecule has 1 saturated heterocycles. The average molecular weight is 363 g/mol. The third-order valence-electron chi connectivity index (χ3n) is 3.86. The Hall–Kier alpha value is -0.860. The van der Waals surface area contributed by atoms with E-state index in [1.54, 1.807) is 6.07 Å². The second-order valence-corrected chi connectivity index (χ2v) is 7.76. The molecule has 2 rings (SSSR count). The van der Waals surface area contributed by atoms with Crippen LogP contribution in [0.3, 0.4) is 0 Å². The largest absolute Gasteiger partial charge is 0.495 e. The second-order valence-electron chi connectivity index (χ2n) is 5.41. The van der Waals surface area contributed by atoms with Gasteiger partial charge in [0.1, 0.15) is 5.75 Å². The van der Waals surface area contributed by atoms with E-state index in [0.717, 1.165) is 6.42 Å².